The van der Waals surface area contributed by atoms with Crippen molar-refractivity contribution in [3.63, 3.8) is 0 Å². The Kier molecular flexibility index (Phi) is 4.52. The minimum atomic E-state index is -3.52. The third-order valence-corrected chi connectivity index (χ3v) is 5.97. The first-order valence-electron chi connectivity index (χ1n) is 5.41. The molecule has 0 spiro atoms. The van der Waals surface area contributed by atoms with Crippen molar-refractivity contribution in [2.24, 2.45) is 0 Å². The van der Waals surface area contributed by atoms with Crippen LogP contribution >= 0.6 is 0 Å². The van der Waals surface area contributed by atoms with E-state index in [1.165, 1.54) is 26.2 Å². The molecule has 0 aliphatic heterocycles. The molecule has 0 N–H and O–H groups in total. The zero-order chi connectivity index (χ0) is 14.0. The maximum atomic E-state index is 11.9. The number of hydrogen-bond donors (Lipinski definition) is 0. The van der Waals surface area contributed by atoms with Gasteiger partial charge in [0.05, 0.1) is 10.6 Å². The monoisotopic (exact) mass is 291 g/mol. The number of rotatable bonds is 5. The Morgan fingerprint density at radius 1 is 1.11 bits per heavy atom. The van der Waals surface area contributed by atoms with Gasteiger partial charge in [-0.2, -0.15) is 0 Å². The first kappa shape index (κ1) is 15.1. The minimum Gasteiger partial charge on any atom is -0.229 e. The lowest BCUT2D eigenvalue weighted by Crippen LogP contribution is -2.22. The topological polar surface area (TPSA) is 71.5 Å². The summed E-state index contributed by atoms with van der Waals surface area (Å²) in [7, 11) is -3.82. The summed E-state index contributed by atoms with van der Waals surface area (Å²) in [5, 5.41) is 0. The number of benzene rings is 1. The second-order valence-corrected chi connectivity index (χ2v) is 8.62. The van der Waals surface area contributed by atoms with Crippen LogP contribution in [0.15, 0.2) is 29.2 Å². The van der Waals surface area contributed by atoms with Crippen LogP contribution in [0.1, 0.15) is 12.5 Å². The highest BCUT2D eigenvalue weighted by molar-refractivity contribution is 7.90. The number of nitrogens with zero attached hydrogens (tertiary/aromatic N) is 1. The predicted molar refractivity (Wildman–Crippen MR) is 70.5 cm³/mol. The van der Waals surface area contributed by atoms with Crippen molar-refractivity contribution < 1.29 is 16.8 Å². The highest BCUT2D eigenvalue weighted by Gasteiger charge is 2.18. The van der Waals surface area contributed by atoms with Crippen LogP contribution in [0.2, 0.25) is 0 Å². The fourth-order valence-corrected chi connectivity index (χ4v) is 3.23. The van der Waals surface area contributed by atoms with Crippen LogP contribution in [-0.4, -0.2) is 41.0 Å². The summed E-state index contributed by atoms with van der Waals surface area (Å²) in [5.74, 6) is -0.0993. The zero-order valence-corrected chi connectivity index (χ0v) is 12.3. The molecule has 0 radical (unpaired) electrons. The Labute approximate surface area is 108 Å². The van der Waals surface area contributed by atoms with Gasteiger partial charge in [-0.1, -0.05) is 19.1 Å². The second kappa shape index (κ2) is 5.38. The molecule has 0 aliphatic carbocycles. The predicted octanol–water partition coefficient (Wildman–Crippen LogP) is 0.872. The molecule has 0 bridgehead atoms. The Bertz CT molecular complexity index is 618. The summed E-state index contributed by atoms with van der Waals surface area (Å²) >= 11 is 0. The molecular weight excluding hydrogens is 274 g/mol. The molecule has 1 aromatic carbocycles. The molecule has 0 amide bonds. The molecule has 1 rings (SSSR count). The highest BCUT2D eigenvalue weighted by Crippen LogP contribution is 2.16. The Hall–Kier alpha value is -0.920. The molecule has 7 heteroatoms. The summed E-state index contributed by atoms with van der Waals surface area (Å²) < 4.78 is 47.9. The smallest absolute Gasteiger partial charge is 0.229 e. The van der Waals surface area contributed by atoms with E-state index < -0.39 is 19.9 Å². The molecule has 0 aliphatic rings. The summed E-state index contributed by atoms with van der Waals surface area (Å²) in [6.45, 7) is 1.57. The first-order chi connectivity index (χ1) is 8.19. The summed E-state index contributed by atoms with van der Waals surface area (Å²) in [4.78, 5) is 0.108. The lowest BCUT2D eigenvalue weighted by atomic mass is 10.2. The Morgan fingerprint density at radius 3 is 2.22 bits per heavy atom. The van der Waals surface area contributed by atoms with Crippen LogP contribution in [-0.2, 0) is 25.6 Å². The molecule has 0 fully saturated rings. The summed E-state index contributed by atoms with van der Waals surface area (Å²) in [6.07, 6.45) is 0. The third kappa shape index (κ3) is 3.54. The van der Waals surface area contributed by atoms with Crippen LogP contribution in [0.25, 0.3) is 0 Å². The Balaban J connectivity index is 3.16. The summed E-state index contributed by atoms with van der Waals surface area (Å²) in [6, 6.07) is 6.03. The van der Waals surface area contributed by atoms with Gasteiger partial charge in [0.25, 0.3) is 0 Å². The van der Waals surface area contributed by atoms with Crippen molar-refractivity contribution in [3.8, 4) is 0 Å². The van der Waals surface area contributed by atoms with Crippen molar-refractivity contribution in [3.05, 3.63) is 29.8 Å². The van der Waals surface area contributed by atoms with E-state index in [1.807, 2.05) is 0 Å². The molecule has 0 saturated carbocycles. The van der Waals surface area contributed by atoms with Crippen LogP contribution in [0, 0.1) is 0 Å². The van der Waals surface area contributed by atoms with Crippen molar-refractivity contribution in [1.29, 1.82) is 0 Å². The standard InChI is InChI=1S/C11H17NO4S2/c1-4-17(13,14)9-10-6-5-7-11(8-10)18(15,16)12(2)3/h5-8H,4,9H2,1-3H3. The van der Waals surface area contributed by atoms with E-state index in [1.54, 1.807) is 19.1 Å². The molecule has 5 nitrogen and oxygen atoms in total. The van der Waals surface area contributed by atoms with Crippen molar-refractivity contribution in [1.82, 2.24) is 4.31 Å². The normalized spacial score (nSPS) is 12.9. The molecule has 1 aromatic rings. The average molecular weight is 291 g/mol. The number of sulfone groups is 1. The van der Waals surface area contributed by atoms with E-state index in [0.29, 0.717) is 5.56 Å². The van der Waals surface area contributed by atoms with Crippen LogP contribution in [0.5, 0.6) is 0 Å². The molecule has 0 aromatic heterocycles. The number of hydrogen-bond acceptors (Lipinski definition) is 4. The maximum absolute atomic E-state index is 11.9. The first-order valence-corrected chi connectivity index (χ1v) is 8.67. The fraction of sp³-hybridized carbons (Fsp3) is 0.455. The van der Waals surface area contributed by atoms with Crippen molar-refractivity contribution in [2.75, 3.05) is 19.8 Å². The lowest BCUT2D eigenvalue weighted by molar-refractivity contribution is 0.520. The van der Waals surface area contributed by atoms with Gasteiger partial charge in [-0.25, -0.2) is 21.1 Å². The molecule has 18 heavy (non-hydrogen) atoms. The maximum Gasteiger partial charge on any atom is 0.242 e. The van der Waals surface area contributed by atoms with Gasteiger partial charge in [-0.05, 0) is 17.7 Å². The van der Waals surface area contributed by atoms with Crippen LogP contribution in [0.4, 0.5) is 0 Å². The van der Waals surface area contributed by atoms with Crippen molar-refractivity contribution >= 4 is 19.9 Å². The molecular formula is C11H17NO4S2. The quantitative estimate of drug-likeness (QED) is 0.807. The van der Waals surface area contributed by atoms with Gasteiger partial charge in [-0.3, -0.25) is 0 Å². The van der Waals surface area contributed by atoms with E-state index in [-0.39, 0.29) is 16.4 Å². The third-order valence-electron chi connectivity index (χ3n) is 2.50. The van der Waals surface area contributed by atoms with Gasteiger partial charge < -0.3 is 0 Å². The highest BCUT2D eigenvalue weighted by atomic mass is 32.2. The molecule has 0 saturated heterocycles. The zero-order valence-electron chi connectivity index (χ0n) is 10.6. The molecule has 102 valence electrons. The largest absolute Gasteiger partial charge is 0.242 e. The molecule has 0 unspecified atom stereocenters. The van der Waals surface area contributed by atoms with E-state index in [0.717, 1.165) is 4.31 Å². The summed E-state index contributed by atoms with van der Waals surface area (Å²) in [5.41, 5.74) is 0.486. The van der Waals surface area contributed by atoms with Gasteiger partial charge in [0.2, 0.25) is 10.0 Å². The minimum absolute atomic E-state index is 0.0393. The van der Waals surface area contributed by atoms with Gasteiger partial charge >= 0.3 is 0 Å². The fourth-order valence-electron chi connectivity index (χ4n) is 1.36. The van der Waals surface area contributed by atoms with E-state index in [2.05, 4.69) is 0 Å². The number of sulfonamides is 1. The molecule has 0 atom stereocenters. The van der Waals surface area contributed by atoms with Gasteiger partial charge in [-0.15, -0.1) is 0 Å². The van der Waals surface area contributed by atoms with Crippen molar-refractivity contribution in [2.45, 2.75) is 17.6 Å². The van der Waals surface area contributed by atoms with Crippen LogP contribution < -0.4 is 0 Å². The molecule has 0 heterocycles. The van der Waals surface area contributed by atoms with Gasteiger partial charge in [0.15, 0.2) is 9.84 Å². The second-order valence-electron chi connectivity index (χ2n) is 4.11. The van der Waals surface area contributed by atoms with E-state index in [4.69, 9.17) is 0 Å². The Morgan fingerprint density at radius 2 is 1.72 bits per heavy atom. The SMILES string of the molecule is CCS(=O)(=O)Cc1cccc(S(=O)(=O)N(C)C)c1. The average Bonchev–Trinajstić information content (AvgIpc) is 2.28. The van der Waals surface area contributed by atoms with E-state index >= 15 is 0 Å². The van der Waals surface area contributed by atoms with E-state index in [9.17, 15) is 16.8 Å². The van der Waals surface area contributed by atoms with Gasteiger partial charge in [0.1, 0.15) is 0 Å². The lowest BCUT2D eigenvalue weighted by Gasteiger charge is -2.12. The van der Waals surface area contributed by atoms with Crippen LogP contribution in [0.3, 0.4) is 0 Å². The van der Waals surface area contributed by atoms with Gasteiger partial charge in [0, 0.05) is 19.8 Å².